The van der Waals surface area contributed by atoms with E-state index in [9.17, 15) is 4.21 Å². The van der Waals surface area contributed by atoms with Crippen LogP contribution in [0, 0.1) is 6.92 Å². The van der Waals surface area contributed by atoms with Gasteiger partial charge in [0, 0.05) is 18.1 Å². The summed E-state index contributed by atoms with van der Waals surface area (Å²) in [5.74, 6) is 0.581. The summed E-state index contributed by atoms with van der Waals surface area (Å²) >= 11 is 0. The molecule has 0 aliphatic carbocycles. The van der Waals surface area contributed by atoms with Crippen LogP contribution in [0.5, 0.6) is 0 Å². The SMILES string of the molecule is Cc1cccc(S(=O)CCc2ccncc2)c1N. The van der Waals surface area contributed by atoms with E-state index in [1.165, 1.54) is 0 Å². The Bertz CT molecular complexity index is 555. The second kappa shape index (κ2) is 5.78. The first-order valence-corrected chi connectivity index (χ1v) is 7.13. The number of anilines is 1. The van der Waals surface area contributed by atoms with E-state index in [1.54, 1.807) is 12.4 Å². The number of rotatable bonds is 4. The average molecular weight is 260 g/mol. The molecule has 1 unspecified atom stereocenters. The van der Waals surface area contributed by atoms with Gasteiger partial charge in [-0.15, -0.1) is 0 Å². The van der Waals surface area contributed by atoms with Crippen molar-refractivity contribution >= 4 is 16.5 Å². The molecule has 1 aromatic heterocycles. The van der Waals surface area contributed by atoms with Crippen LogP contribution < -0.4 is 5.73 Å². The van der Waals surface area contributed by atoms with Crippen molar-refractivity contribution in [3.63, 3.8) is 0 Å². The Morgan fingerprint density at radius 2 is 1.94 bits per heavy atom. The van der Waals surface area contributed by atoms with E-state index in [0.717, 1.165) is 22.4 Å². The highest BCUT2D eigenvalue weighted by Crippen LogP contribution is 2.20. The number of hydrogen-bond acceptors (Lipinski definition) is 3. The van der Waals surface area contributed by atoms with Gasteiger partial charge < -0.3 is 5.73 Å². The molecule has 0 spiro atoms. The Morgan fingerprint density at radius 3 is 2.67 bits per heavy atom. The van der Waals surface area contributed by atoms with E-state index in [1.807, 2.05) is 37.3 Å². The maximum atomic E-state index is 12.2. The number of aromatic nitrogens is 1. The second-order valence-corrected chi connectivity index (χ2v) is 5.68. The highest BCUT2D eigenvalue weighted by Gasteiger charge is 2.09. The van der Waals surface area contributed by atoms with Crippen LogP contribution >= 0.6 is 0 Å². The van der Waals surface area contributed by atoms with Gasteiger partial charge in [-0.1, -0.05) is 12.1 Å². The molecule has 1 atom stereocenters. The van der Waals surface area contributed by atoms with Crippen molar-refractivity contribution < 1.29 is 4.21 Å². The Hall–Kier alpha value is -1.68. The first-order chi connectivity index (χ1) is 8.68. The maximum absolute atomic E-state index is 12.2. The monoisotopic (exact) mass is 260 g/mol. The number of hydrogen-bond donors (Lipinski definition) is 1. The molecule has 0 aliphatic heterocycles. The molecule has 1 aromatic carbocycles. The fraction of sp³-hybridized carbons (Fsp3) is 0.214. The molecule has 1 heterocycles. The summed E-state index contributed by atoms with van der Waals surface area (Å²) in [6.45, 7) is 1.93. The zero-order valence-electron chi connectivity index (χ0n) is 10.3. The quantitative estimate of drug-likeness (QED) is 0.858. The lowest BCUT2D eigenvalue weighted by Crippen LogP contribution is -2.05. The molecule has 94 valence electrons. The molecule has 2 aromatic rings. The van der Waals surface area contributed by atoms with E-state index < -0.39 is 10.8 Å². The summed E-state index contributed by atoms with van der Waals surface area (Å²) in [5.41, 5.74) is 8.71. The van der Waals surface area contributed by atoms with Gasteiger partial charge >= 0.3 is 0 Å². The van der Waals surface area contributed by atoms with Crippen LogP contribution in [0.25, 0.3) is 0 Å². The average Bonchev–Trinajstić information content (AvgIpc) is 2.40. The van der Waals surface area contributed by atoms with Crippen molar-refractivity contribution in [2.45, 2.75) is 18.2 Å². The number of aryl methyl sites for hydroxylation is 2. The van der Waals surface area contributed by atoms with Crippen LogP contribution in [0.4, 0.5) is 5.69 Å². The Kier molecular flexibility index (Phi) is 4.10. The minimum atomic E-state index is -1.05. The highest BCUT2D eigenvalue weighted by molar-refractivity contribution is 7.85. The zero-order valence-corrected chi connectivity index (χ0v) is 11.1. The minimum Gasteiger partial charge on any atom is -0.398 e. The molecule has 0 fully saturated rings. The number of benzene rings is 1. The van der Waals surface area contributed by atoms with Crippen molar-refractivity contribution in [2.24, 2.45) is 0 Å². The molecular formula is C14H16N2OS. The Labute approximate surface area is 110 Å². The van der Waals surface area contributed by atoms with Crippen LogP contribution in [-0.2, 0) is 17.2 Å². The van der Waals surface area contributed by atoms with Crippen molar-refractivity contribution in [2.75, 3.05) is 11.5 Å². The topological polar surface area (TPSA) is 56.0 Å². The summed E-state index contributed by atoms with van der Waals surface area (Å²) in [7, 11) is -1.05. The normalized spacial score (nSPS) is 12.3. The van der Waals surface area contributed by atoms with Crippen LogP contribution in [0.1, 0.15) is 11.1 Å². The zero-order chi connectivity index (χ0) is 13.0. The predicted octanol–water partition coefficient (Wildman–Crippen LogP) is 2.32. The number of nitrogen functional groups attached to an aromatic ring is 1. The molecule has 4 heteroatoms. The van der Waals surface area contributed by atoms with Gasteiger partial charge in [0.1, 0.15) is 0 Å². The number of pyridine rings is 1. The van der Waals surface area contributed by atoms with Crippen molar-refractivity contribution in [1.29, 1.82) is 0 Å². The van der Waals surface area contributed by atoms with E-state index in [4.69, 9.17) is 5.73 Å². The molecular weight excluding hydrogens is 244 g/mol. The van der Waals surface area contributed by atoms with Gasteiger partial charge in [-0.05, 0) is 42.7 Å². The summed E-state index contributed by atoms with van der Waals surface area (Å²) < 4.78 is 12.2. The molecule has 18 heavy (non-hydrogen) atoms. The van der Waals surface area contributed by atoms with Crippen LogP contribution in [0.3, 0.4) is 0 Å². The Morgan fingerprint density at radius 1 is 1.22 bits per heavy atom. The van der Waals surface area contributed by atoms with Crippen LogP contribution in [0.2, 0.25) is 0 Å². The molecule has 0 saturated heterocycles. The largest absolute Gasteiger partial charge is 0.398 e. The molecule has 2 N–H and O–H groups in total. The smallest absolute Gasteiger partial charge is 0.0620 e. The lowest BCUT2D eigenvalue weighted by molar-refractivity contribution is 0.682. The van der Waals surface area contributed by atoms with Gasteiger partial charge in [0.05, 0.1) is 21.4 Å². The first-order valence-electron chi connectivity index (χ1n) is 5.81. The van der Waals surface area contributed by atoms with Gasteiger partial charge in [0.25, 0.3) is 0 Å². The molecule has 0 aliphatic rings. The van der Waals surface area contributed by atoms with Crippen LogP contribution in [0.15, 0.2) is 47.6 Å². The molecule has 0 radical (unpaired) electrons. The van der Waals surface area contributed by atoms with E-state index in [0.29, 0.717) is 11.4 Å². The van der Waals surface area contributed by atoms with E-state index >= 15 is 0 Å². The summed E-state index contributed by atoms with van der Waals surface area (Å²) in [5, 5.41) is 0. The van der Waals surface area contributed by atoms with Crippen molar-refractivity contribution in [3.8, 4) is 0 Å². The molecule has 0 saturated carbocycles. The maximum Gasteiger partial charge on any atom is 0.0620 e. The number of nitrogens with two attached hydrogens (primary N) is 1. The summed E-state index contributed by atoms with van der Waals surface area (Å²) in [6.07, 6.45) is 4.26. The molecule has 0 amide bonds. The third-order valence-electron chi connectivity index (χ3n) is 2.85. The minimum absolute atomic E-state index is 0.581. The summed E-state index contributed by atoms with van der Waals surface area (Å²) in [6, 6.07) is 9.54. The molecule has 2 rings (SSSR count). The number of para-hydroxylation sites is 1. The molecule has 0 bridgehead atoms. The van der Waals surface area contributed by atoms with E-state index in [2.05, 4.69) is 4.98 Å². The van der Waals surface area contributed by atoms with Crippen molar-refractivity contribution in [1.82, 2.24) is 4.98 Å². The second-order valence-electron chi connectivity index (χ2n) is 4.14. The summed E-state index contributed by atoms with van der Waals surface area (Å²) in [4.78, 5) is 4.70. The lowest BCUT2D eigenvalue weighted by atomic mass is 10.2. The highest BCUT2D eigenvalue weighted by atomic mass is 32.2. The third-order valence-corrected chi connectivity index (χ3v) is 4.28. The fourth-order valence-corrected chi connectivity index (χ4v) is 3.00. The van der Waals surface area contributed by atoms with E-state index in [-0.39, 0.29) is 0 Å². The van der Waals surface area contributed by atoms with Gasteiger partial charge in [-0.25, -0.2) is 0 Å². The van der Waals surface area contributed by atoms with Gasteiger partial charge in [-0.2, -0.15) is 0 Å². The molecule has 3 nitrogen and oxygen atoms in total. The standard InChI is InChI=1S/C14H16N2OS/c1-11-3-2-4-13(14(11)15)18(17)10-7-12-5-8-16-9-6-12/h2-6,8-9H,7,10,15H2,1H3. The van der Waals surface area contributed by atoms with Gasteiger partial charge in [0.2, 0.25) is 0 Å². The predicted molar refractivity (Wildman–Crippen MR) is 74.8 cm³/mol. The third kappa shape index (κ3) is 2.96. The van der Waals surface area contributed by atoms with Gasteiger partial charge in [-0.3, -0.25) is 9.19 Å². The van der Waals surface area contributed by atoms with Crippen molar-refractivity contribution in [3.05, 3.63) is 53.9 Å². The Balaban J connectivity index is 2.07. The van der Waals surface area contributed by atoms with Gasteiger partial charge in [0.15, 0.2) is 0 Å². The lowest BCUT2D eigenvalue weighted by Gasteiger charge is -2.08. The first kappa shape index (κ1) is 12.8. The van der Waals surface area contributed by atoms with Crippen LogP contribution in [-0.4, -0.2) is 14.9 Å². The fourth-order valence-electron chi connectivity index (χ4n) is 1.72. The number of nitrogens with zero attached hydrogens (tertiary/aromatic N) is 1.